The Morgan fingerprint density at radius 2 is 2.33 bits per heavy atom. The molecule has 1 amide bonds. The molecule has 1 aliphatic heterocycles. The zero-order valence-corrected chi connectivity index (χ0v) is 13.0. The summed E-state index contributed by atoms with van der Waals surface area (Å²) < 4.78 is 9.10. The maximum Gasteiger partial charge on any atom is 0.345 e. The largest absolute Gasteiger partial charge is 0.462 e. The molecule has 1 aromatic heterocycles. The highest BCUT2D eigenvalue weighted by atomic mass is 32.1. The zero-order chi connectivity index (χ0) is 15.4. The van der Waals surface area contributed by atoms with Gasteiger partial charge in [0.1, 0.15) is 10.6 Å². The van der Waals surface area contributed by atoms with Crippen molar-refractivity contribution in [3.05, 3.63) is 5.56 Å². The number of carbonyl (C=O) groups excluding carboxylic acids is 2. The van der Waals surface area contributed by atoms with Crippen LogP contribution in [0.4, 0.5) is 10.8 Å². The monoisotopic (exact) mass is 312 g/mol. The van der Waals surface area contributed by atoms with Crippen LogP contribution in [0.3, 0.4) is 0 Å². The van der Waals surface area contributed by atoms with Crippen LogP contribution in [0.5, 0.6) is 0 Å². The molecule has 8 heteroatoms. The first kappa shape index (κ1) is 15.6. The van der Waals surface area contributed by atoms with Crippen LogP contribution in [0.15, 0.2) is 0 Å². The number of nitrogens with two attached hydrogens (primary N) is 1. The van der Waals surface area contributed by atoms with Crippen molar-refractivity contribution in [1.29, 1.82) is 0 Å². The standard InChI is InChI=1S/C13H20N4O3S/c1-3-20-13(19)9-10(14)16-21-12(9)17-6-4-5-8(7-17)11(18)15-2/h8H,3-7H2,1-2H3,(H2,14,16)(H,15,18). The van der Waals surface area contributed by atoms with Gasteiger partial charge in [-0.2, -0.15) is 4.37 Å². The van der Waals surface area contributed by atoms with Crippen molar-refractivity contribution < 1.29 is 14.3 Å². The van der Waals surface area contributed by atoms with Crippen molar-refractivity contribution in [3.63, 3.8) is 0 Å². The Kier molecular flexibility index (Phi) is 5.00. The molecule has 0 spiro atoms. The van der Waals surface area contributed by atoms with Crippen LogP contribution in [0.25, 0.3) is 0 Å². The second-order valence-corrected chi connectivity index (χ2v) is 5.62. The van der Waals surface area contributed by atoms with Gasteiger partial charge >= 0.3 is 5.97 Å². The lowest BCUT2D eigenvalue weighted by Crippen LogP contribution is -2.42. The number of hydrogen-bond acceptors (Lipinski definition) is 7. The average Bonchev–Trinajstić information content (AvgIpc) is 2.88. The number of amides is 1. The molecule has 7 nitrogen and oxygen atoms in total. The van der Waals surface area contributed by atoms with E-state index in [-0.39, 0.29) is 24.2 Å². The lowest BCUT2D eigenvalue weighted by atomic mass is 9.97. The van der Waals surface area contributed by atoms with Crippen molar-refractivity contribution in [2.24, 2.45) is 5.92 Å². The van der Waals surface area contributed by atoms with Gasteiger partial charge in [-0.05, 0) is 31.3 Å². The van der Waals surface area contributed by atoms with Crippen LogP contribution < -0.4 is 16.0 Å². The smallest absolute Gasteiger partial charge is 0.345 e. The topological polar surface area (TPSA) is 97.6 Å². The highest BCUT2D eigenvalue weighted by molar-refractivity contribution is 7.11. The van der Waals surface area contributed by atoms with Gasteiger partial charge in [0.2, 0.25) is 5.91 Å². The minimum Gasteiger partial charge on any atom is -0.462 e. The molecular formula is C13H20N4O3S. The summed E-state index contributed by atoms with van der Waals surface area (Å²) in [6.45, 7) is 3.37. The molecule has 2 rings (SSSR count). The molecule has 0 radical (unpaired) electrons. The van der Waals surface area contributed by atoms with Gasteiger partial charge in [-0.15, -0.1) is 0 Å². The van der Waals surface area contributed by atoms with Crippen LogP contribution in [-0.2, 0) is 9.53 Å². The lowest BCUT2D eigenvalue weighted by molar-refractivity contribution is -0.124. The Bertz CT molecular complexity index is 531. The third-order valence-electron chi connectivity index (χ3n) is 3.51. The summed E-state index contributed by atoms with van der Waals surface area (Å²) in [6.07, 6.45) is 1.73. The van der Waals surface area contributed by atoms with E-state index in [1.807, 2.05) is 4.90 Å². The summed E-state index contributed by atoms with van der Waals surface area (Å²) in [5.41, 5.74) is 6.11. The summed E-state index contributed by atoms with van der Waals surface area (Å²) in [5, 5.41) is 3.37. The van der Waals surface area contributed by atoms with Gasteiger partial charge in [-0.25, -0.2) is 4.79 Å². The van der Waals surface area contributed by atoms with E-state index in [4.69, 9.17) is 10.5 Å². The maximum atomic E-state index is 12.0. The number of rotatable bonds is 4. The summed E-state index contributed by atoms with van der Waals surface area (Å²) in [5.74, 6) is -0.326. The summed E-state index contributed by atoms with van der Waals surface area (Å²) in [7, 11) is 1.63. The molecule has 1 atom stereocenters. The van der Waals surface area contributed by atoms with E-state index in [0.717, 1.165) is 19.4 Å². The van der Waals surface area contributed by atoms with E-state index in [0.29, 0.717) is 17.1 Å². The van der Waals surface area contributed by atoms with Crippen molar-refractivity contribution in [1.82, 2.24) is 9.69 Å². The molecule has 1 unspecified atom stereocenters. The quantitative estimate of drug-likeness (QED) is 0.801. The predicted molar refractivity (Wildman–Crippen MR) is 81.5 cm³/mol. The normalized spacial score (nSPS) is 18.4. The minimum atomic E-state index is -0.458. The van der Waals surface area contributed by atoms with E-state index in [1.54, 1.807) is 14.0 Å². The number of nitrogen functional groups attached to an aromatic ring is 1. The number of hydrogen-bond donors (Lipinski definition) is 2. The van der Waals surface area contributed by atoms with Gasteiger partial charge < -0.3 is 20.7 Å². The van der Waals surface area contributed by atoms with E-state index >= 15 is 0 Å². The van der Waals surface area contributed by atoms with Gasteiger partial charge in [0.25, 0.3) is 0 Å². The number of esters is 1. The SMILES string of the molecule is CCOC(=O)c1c(N)nsc1N1CCCC(C(=O)NC)C1. The molecule has 21 heavy (non-hydrogen) atoms. The molecule has 3 N–H and O–H groups in total. The molecular weight excluding hydrogens is 292 g/mol. The highest BCUT2D eigenvalue weighted by Gasteiger charge is 2.30. The van der Waals surface area contributed by atoms with Crippen LogP contribution >= 0.6 is 11.5 Å². The fourth-order valence-electron chi connectivity index (χ4n) is 2.48. The molecule has 0 saturated carbocycles. The number of carbonyl (C=O) groups is 2. The van der Waals surface area contributed by atoms with Crippen molar-refractivity contribution in [2.75, 3.05) is 37.4 Å². The first-order chi connectivity index (χ1) is 10.1. The number of piperidine rings is 1. The van der Waals surface area contributed by atoms with Crippen molar-refractivity contribution in [3.8, 4) is 0 Å². The lowest BCUT2D eigenvalue weighted by Gasteiger charge is -2.32. The number of anilines is 2. The Labute approximate surface area is 127 Å². The predicted octanol–water partition coefficient (Wildman–Crippen LogP) is 0.864. The maximum absolute atomic E-state index is 12.0. The van der Waals surface area contributed by atoms with Crippen LogP contribution in [0.2, 0.25) is 0 Å². The molecule has 1 saturated heterocycles. The molecule has 0 aromatic carbocycles. The van der Waals surface area contributed by atoms with Crippen molar-refractivity contribution in [2.45, 2.75) is 19.8 Å². The molecule has 0 aliphatic carbocycles. The third kappa shape index (κ3) is 3.26. The molecule has 1 fully saturated rings. The highest BCUT2D eigenvalue weighted by Crippen LogP contribution is 2.34. The van der Waals surface area contributed by atoms with E-state index in [2.05, 4.69) is 9.69 Å². The summed E-state index contributed by atoms with van der Waals surface area (Å²) in [4.78, 5) is 25.8. The second kappa shape index (κ2) is 6.75. The van der Waals surface area contributed by atoms with Crippen LogP contribution in [-0.4, -0.2) is 43.0 Å². The van der Waals surface area contributed by atoms with Gasteiger partial charge in [0, 0.05) is 20.1 Å². The number of nitrogens with zero attached hydrogens (tertiary/aromatic N) is 2. The van der Waals surface area contributed by atoms with Gasteiger partial charge in [0.15, 0.2) is 5.82 Å². The zero-order valence-electron chi connectivity index (χ0n) is 12.2. The molecule has 116 valence electrons. The summed E-state index contributed by atoms with van der Waals surface area (Å²) >= 11 is 1.18. The summed E-state index contributed by atoms with van der Waals surface area (Å²) in [6, 6.07) is 0. The Morgan fingerprint density at radius 1 is 1.57 bits per heavy atom. The fourth-order valence-corrected chi connectivity index (χ4v) is 3.32. The first-order valence-corrected chi connectivity index (χ1v) is 7.74. The Morgan fingerprint density at radius 3 is 3.00 bits per heavy atom. The van der Waals surface area contributed by atoms with Gasteiger partial charge in [0.05, 0.1) is 12.5 Å². The van der Waals surface area contributed by atoms with Gasteiger partial charge in [-0.1, -0.05) is 0 Å². The van der Waals surface area contributed by atoms with Crippen LogP contribution in [0, 0.1) is 5.92 Å². The fraction of sp³-hybridized carbons (Fsp3) is 0.615. The molecule has 1 aliphatic rings. The average molecular weight is 312 g/mol. The molecule has 0 bridgehead atoms. The Balaban J connectivity index is 2.21. The minimum absolute atomic E-state index is 0.0230. The van der Waals surface area contributed by atoms with Crippen molar-refractivity contribution >= 4 is 34.2 Å². The van der Waals surface area contributed by atoms with E-state index in [9.17, 15) is 9.59 Å². The van der Waals surface area contributed by atoms with Gasteiger partial charge in [-0.3, -0.25) is 4.79 Å². The number of aromatic nitrogens is 1. The number of nitrogens with one attached hydrogen (secondary N) is 1. The van der Waals surface area contributed by atoms with Crippen LogP contribution in [0.1, 0.15) is 30.1 Å². The third-order valence-corrected chi connectivity index (χ3v) is 4.43. The van der Waals surface area contributed by atoms with E-state index in [1.165, 1.54) is 11.5 Å². The Hall–Kier alpha value is -1.83. The second-order valence-electron chi connectivity index (χ2n) is 4.87. The van der Waals surface area contributed by atoms with E-state index < -0.39 is 5.97 Å². The number of ether oxygens (including phenoxy) is 1. The molecule has 1 aromatic rings. The first-order valence-electron chi connectivity index (χ1n) is 6.97. The molecule has 2 heterocycles.